The van der Waals surface area contributed by atoms with Crippen LogP contribution in [0.1, 0.15) is 23.4 Å². The molecular weight excluding hydrogens is 339 g/mol. The Bertz CT molecular complexity index is 741. The van der Waals surface area contributed by atoms with Crippen LogP contribution < -0.4 is 5.32 Å². The molecule has 1 aromatic carbocycles. The lowest BCUT2D eigenvalue weighted by molar-refractivity contribution is -0.147. The van der Waals surface area contributed by atoms with E-state index in [2.05, 4.69) is 10.5 Å². The van der Waals surface area contributed by atoms with E-state index in [1.807, 2.05) is 0 Å². The summed E-state index contributed by atoms with van der Waals surface area (Å²) in [5, 5.41) is 6.30. The van der Waals surface area contributed by atoms with Gasteiger partial charge >= 0.3 is 5.97 Å². The van der Waals surface area contributed by atoms with Gasteiger partial charge in [-0.25, -0.2) is 4.39 Å². The van der Waals surface area contributed by atoms with Gasteiger partial charge in [0, 0.05) is 12.0 Å². The first-order valence-electron chi connectivity index (χ1n) is 7.19. The van der Waals surface area contributed by atoms with E-state index in [-0.39, 0.29) is 17.1 Å². The summed E-state index contributed by atoms with van der Waals surface area (Å²) >= 11 is 5.80. The average molecular weight is 355 g/mol. The van der Waals surface area contributed by atoms with Crippen molar-refractivity contribution < 1.29 is 23.2 Å². The first kappa shape index (κ1) is 17.9. The fraction of sp³-hybridized carbons (Fsp3) is 0.312. The van der Waals surface area contributed by atoms with E-state index in [0.717, 1.165) is 23.4 Å². The van der Waals surface area contributed by atoms with Crippen molar-refractivity contribution in [1.82, 2.24) is 5.16 Å². The zero-order valence-electron chi connectivity index (χ0n) is 13.2. The fourth-order valence-corrected chi connectivity index (χ4v) is 2.30. The molecule has 0 fully saturated rings. The molecule has 8 heteroatoms. The predicted octanol–water partition coefficient (Wildman–Crippen LogP) is 3.20. The van der Waals surface area contributed by atoms with Crippen LogP contribution in [0.15, 0.2) is 22.7 Å². The number of nitrogens with one attached hydrogen (secondary N) is 1. The maximum Gasteiger partial charge on any atom is 0.306 e. The van der Waals surface area contributed by atoms with Gasteiger partial charge in [-0.15, -0.1) is 0 Å². The summed E-state index contributed by atoms with van der Waals surface area (Å²) in [7, 11) is 0. The van der Waals surface area contributed by atoms with E-state index in [1.165, 1.54) is 6.07 Å². The summed E-state index contributed by atoms with van der Waals surface area (Å²) in [5.74, 6) is -0.933. The number of hydrogen-bond acceptors (Lipinski definition) is 5. The highest BCUT2D eigenvalue weighted by Gasteiger charge is 2.13. The molecule has 0 unspecified atom stereocenters. The standard InChI is InChI=1S/C16H16ClFN2O4/c1-9-12(10(2)24-20-9)4-6-16(22)23-8-15(21)19-14-5-3-11(18)7-13(14)17/h3,5,7H,4,6,8H2,1-2H3,(H,19,21). The molecule has 24 heavy (non-hydrogen) atoms. The van der Waals surface area contributed by atoms with Gasteiger partial charge in [0.05, 0.1) is 16.4 Å². The highest BCUT2D eigenvalue weighted by Crippen LogP contribution is 2.22. The second-order valence-corrected chi connectivity index (χ2v) is 5.54. The minimum absolute atomic E-state index is 0.0630. The number of esters is 1. The van der Waals surface area contributed by atoms with Crippen LogP contribution in [0.4, 0.5) is 10.1 Å². The maximum atomic E-state index is 12.9. The molecule has 0 aliphatic rings. The van der Waals surface area contributed by atoms with Gasteiger partial charge in [0.25, 0.3) is 5.91 Å². The molecular formula is C16H16ClFN2O4. The molecule has 0 atom stereocenters. The molecule has 1 N–H and O–H groups in total. The van der Waals surface area contributed by atoms with E-state index in [9.17, 15) is 14.0 Å². The van der Waals surface area contributed by atoms with Crippen molar-refractivity contribution in [2.75, 3.05) is 11.9 Å². The molecule has 0 bridgehead atoms. The van der Waals surface area contributed by atoms with E-state index in [4.69, 9.17) is 20.9 Å². The molecule has 1 aromatic heterocycles. The van der Waals surface area contributed by atoms with Gasteiger partial charge in [-0.2, -0.15) is 0 Å². The number of aryl methyl sites for hydroxylation is 2. The number of ether oxygens (including phenoxy) is 1. The summed E-state index contributed by atoms with van der Waals surface area (Å²) < 4.78 is 22.8. The van der Waals surface area contributed by atoms with Crippen molar-refractivity contribution in [3.63, 3.8) is 0 Å². The van der Waals surface area contributed by atoms with Crippen molar-refractivity contribution in [1.29, 1.82) is 0 Å². The van der Waals surface area contributed by atoms with Gasteiger partial charge in [-0.1, -0.05) is 16.8 Å². The van der Waals surface area contributed by atoms with Crippen LogP contribution in [0, 0.1) is 19.7 Å². The largest absolute Gasteiger partial charge is 0.456 e. The number of carbonyl (C=O) groups excluding carboxylic acids is 2. The van der Waals surface area contributed by atoms with Gasteiger partial charge < -0.3 is 14.6 Å². The van der Waals surface area contributed by atoms with Gasteiger partial charge in [0.1, 0.15) is 11.6 Å². The second kappa shape index (κ2) is 7.92. The number of benzene rings is 1. The van der Waals surface area contributed by atoms with Crippen molar-refractivity contribution >= 4 is 29.2 Å². The van der Waals surface area contributed by atoms with Crippen LogP contribution in [-0.4, -0.2) is 23.6 Å². The smallest absolute Gasteiger partial charge is 0.306 e. The molecule has 128 valence electrons. The number of carbonyl (C=O) groups is 2. The average Bonchev–Trinajstić information content (AvgIpc) is 2.84. The molecule has 6 nitrogen and oxygen atoms in total. The normalized spacial score (nSPS) is 10.5. The highest BCUT2D eigenvalue weighted by molar-refractivity contribution is 6.33. The number of anilines is 1. The molecule has 0 saturated heterocycles. The Kier molecular flexibility index (Phi) is 5.92. The molecule has 1 heterocycles. The second-order valence-electron chi connectivity index (χ2n) is 5.14. The van der Waals surface area contributed by atoms with E-state index < -0.39 is 24.3 Å². The topological polar surface area (TPSA) is 81.4 Å². The molecule has 2 aromatic rings. The summed E-state index contributed by atoms with van der Waals surface area (Å²) in [4.78, 5) is 23.4. The Balaban J connectivity index is 1.78. The number of halogens is 2. The van der Waals surface area contributed by atoms with Crippen LogP contribution in [0.25, 0.3) is 0 Å². The van der Waals surface area contributed by atoms with Crippen LogP contribution in [0.2, 0.25) is 5.02 Å². The van der Waals surface area contributed by atoms with Crippen molar-refractivity contribution in [2.45, 2.75) is 26.7 Å². The third-order valence-corrected chi connectivity index (χ3v) is 3.64. The number of nitrogens with zero attached hydrogens (tertiary/aromatic N) is 1. The maximum absolute atomic E-state index is 12.9. The van der Waals surface area contributed by atoms with E-state index in [1.54, 1.807) is 13.8 Å². The molecule has 0 aliphatic heterocycles. The highest BCUT2D eigenvalue weighted by atomic mass is 35.5. The molecule has 0 saturated carbocycles. The van der Waals surface area contributed by atoms with Crippen molar-refractivity contribution in [2.24, 2.45) is 0 Å². The Morgan fingerprint density at radius 3 is 2.75 bits per heavy atom. The Morgan fingerprint density at radius 2 is 2.12 bits per heavy atom. The lowest BCUT2D eigenvalue weighted by Gasteiger charge is -2.08. The third-order valence-electron chi connectivity index (χ3n) is 3.33. The zero-order chi connectivity index (χ0) is 17.7. The fourth-order valence-electron chi connectivity index (χ4n) is 2.08. The molecule has 0 aliphatic carbocycles. The van der Waals surface area contributed by atoms with Gasteiger partial charge in [0.15, 0.2) is 6.61 Å². The number of rotatable bonds is 6. The van der Waals surface area contributed by atoms with E-state index >= 15 is 0 Å². The van der Waals surface area contributed by atoms with Crippen LogP contribution in [-0.2, 0) is 20.7 Å². The number of amides is 1. The minimum Gasteiger partial charge on any atom is -0.456 e. The Labute approximate surface area is 142 Å². The summed E-state index contributed by atoms with van der Waals surface area (Å²) in [6, 6.07) is 3.57. The SMILES string of the molecule is Cc1noc(C)c1CCC(=O)OCC(=O)Nc1ccc(F)cc1Cl. The predicted molar refractivity (Wildman–Crippen MR) is 85.3 cm³/mol. The number of aromatic nitrogens is 1. The molecule has 2 rings (SSSR count). The lowest BCUT2D eigenvalue weighted by Crippen LogP contribution is -2.21. The Morgan fingerprint density at radius 1 is 1.38 bits per heavy atom. The number of hydrogen-bond donors (Lipinski definition) is 1. The molecule has 1 amide bonds. The summed E-state index contributed by atoms with van der Waals surface area (Å²) in [6.07, 6.45) is 0.527. The molecule has 0 spiro atoms. The quantitative estimate of drug-likeness (QED) is 0.805. The van der Waals surface area contributed by atoms with Crippen molar-refractivity contribution in [3.8, 4) is 0 Å². The van der Waals surface area contributed by atoms with E-state index in [0.29, 0.717) is 12.2 Å². The first-order chi connectivity index (χ1) is 11.4. The monoisotopic (exact) mass is 354 g/mol. The first-order valence-corrected chi connectivity index (χ1v) is 7.57. The molecule has 0 radical (unpaired) electrons. The van der Waals surface area contributed by atoms with Crippen molar-refractivity contribution in [3.05, 3.63) is 46.1 Å². The van der Waals surface area contributed by atoms with Crippen LogP contribution in [0.5, 0.6) is 0 Å². The summed E-state index contributed by atoms with van der Waals surface area (Å²) in [6.45, 7) is 3.10. The third kappa shape index (κ3) is 4.79. The van der Waals surface area contributed by atoms with Crippen LogP contribution >= 0.6 is 11.6 Å². The van der Waals surface area contributed by atoms with Gasteiger partial charge in [0.2, 0.25) is 0 Å². The zero-order valence-corrected chi connectivity index (χ0v) is 13.9. The van der Waals surface area contributed by atoms with Gasteiger partial charge in [-0.3, -0.25) is 9.59 Å². The minimum atomic E-state index is -0.561. The lowest BCUT2D eigenvalue weighted by atomic mass is 10.1. The van der Waals surface area contributed by atoms with Gasteiger partial charge in [-0.05, 0) is 38.5 Å². The Hall–Kier alpha value is -2.41. The summed E-state index contributed by atoms with van der Waals surface area (Å²) in [5.41, 5.74) is 1.83. The van der Waals surface area contributed by atoms with Crippen LogP contribution in [0.3, 0.4) is 0 Å².